The minimum atomic E-state index is -3.93. The lowest BCUT2D eigenvalue weighted by molar-refractivity contribution is 0.191. The van der Waals surface area contributed by atoms with E-state index < -0.39 is 32.6 Å². The van der Waals surface area contributed by atoms with Crippen LogP contribution in [0.1, 0.15) is 36.7 Å². The number of ether oxygens (including phenoxy) is 3. The fourth-order valence-electron chi connectivity index (χ4n) is 4.40. The lowest BCUT2D eigenvalue weighted by atomic mass is 10.0. The molecule has 4 aromatic rings. The Balaban J connectivity index is 1.84. The summed E-state index contributed by atoms with van der Waals surface area (Å²) in [4.78, 5) is 8.03. The molecule has 0 fully saturated rings. The standard InChI is InChI=1S/C26H30FN5O6S/c1-16-9-10-21(38-16)26-31-30-23(32(26)24-19(36-4)7-6-8-20(24)37-5)15-39(33,34)22(11-12-35-3)17(2)25-28-13-18(27)14-29-25/h6-10,13-14,17,22H,11-12,15H2,1-5H3/t17-,22+/m0/s1. The second-order valence-corrected chi connectivity index (χ2v) is 11.1. The van der Waals surface area contributed by atoms with Gasteiger partial charge in [0.15, 0.2) is 27.2 Å². The van der Waals surface area contributed by atoms with Crippen molar-refractivity contribution >= 4 is 9.84 Å². The normalized spacial score (nSPS) is 13.3. The number of rotatable bonds is 12. The average Bonchev–Trinajstić information content (AvgIpc) is 3.53. The van der Waals surface area contributed by atoms with Gasteiger partial charge in [-0.25, -0.2) is 22.8 Å². The molecule has 2 atom stereocenters. The van der Waals surface area contributed by atoms with Crippen LogP contribution in [0, 0.1) is 12.7 Å². The Bertz CT molecular complexity index is 1500. The summed E-state index contributed by atoms with van der Waals surface area (Å²) in [5.41, 5.74) is 0.421. The summed E-state index contributed by atoms with van der Waals surface area (Å²) in [6.07, 6.45) is 2.19. The summed E-state index contributed by atoms with van der Waals surface area (Å²) in [6, 6.07) is 8.70. The predicted molar refractivity (Wildman–Crippen MR) is 140 cm³/mol. The fraction of sp³-hybridized carbons (Fsp3) is 0.385. The van der Waals surface area contributed by atoms with E-state index in [0.717, 1.165) is 12.4 Å². The maximum absolute atomic E-state index is 14.0. The van der Waals surface area contributed by atoms with E-state index in [2.05, 4.69) is 20.2 Å². The number of furan rings is 1. The Kier molecular flexibility index (Phi) is 8.60. The van der Waals surface area contributed by atoms with Gasteiger partial charge >= 0.3 is 0 Å². The van der Waals surface area contributed by atoms with Gasteiger partial charge in [-0.15, -0.1) is 10.2 Å². The highest BCUT2D eigenvalue weighted by Gasteiger charge is 2.36. The van der Waals surface area contributed by atoms with Crippen molar-refractivity contribution in [3.63, 3.8) is 0 Å². The predicted octanol–water partition coefficient (Wildman–Crippen LogP) is 3.91. The molecule has 0 aliphatic carbocycles. The zero-order valence-corrected chi connectivity index (χ0v) is 23.1. The monoisotopic (exact) mass is 559 g/mol. The summed E-state index contributed by atoms with van der Waals surface area (Å²) in [6.45, 7) is 3.66. The summed E-state index contributed by atoms with van der Waals surface area (Å²) < 4.78 is 65.2. The van der Waals surface area contributed by atoms with Gasteiger partial charge in [-0.05, 0) is 37.6 Å². The first-order valence-electron chi connectivity index (χ1n) is 12.1. The zero-order valence-electron chi connectivity index (χ0n) is 22.3. The van der Waals surface area contributed by atoms with Crippen molar-refractivity contribution in [2.24, 2.45) is 0 Å². The van der Waals surface area contributed by atoms with Crippen LogP contribution in [-0.4, -0.2) is 66.3 Å². The maximum Gasteiger partial charge on any atom is 0.204 e. The molecule has 0 aliphatic rings. The number of methoxy groups -OCH3 is 3. The number of sulfone groups is 1. The molecule has 0 aliphatic heterocycles. The van der Waals surface area contributed by atoms with Gasteiger partial charge in [-0.2, -0.15) is 0 Å². The lowest BCUT2D eigenvalue weighted by Crippen LogP contribution is -2.31. The van der Waals surface area contributed by atoms with E-state index in [9.17, 15) is 12.8 Å². The lowest BCUT2D eigenvalue weighted by Gasteiger charge is -2.23. The second kappa shape index (κ2) is 11.9. The smallest absolute Gasteiger partial charge is 0.204 e. The minimum Gasteiger partial charge on any atom is -0.494 e. The SMILES string of the molecule is COCC[C@H]([C@H](C)c1ncc(F)cn1)S(=O)(=O)Cc1nnc(-c2ccc(C)o2)n1-c1c(OC)cccc1OC. The second-order valence-electron chi connectivity index (χ2n) is 8.87. The number of halogens is 1. The third-order valence-corrected chi connectivity index (χ3v) is 8.55. The summed E-state index contributed by atoms with van der Waals surface area (Å²) in [7, 11) is 0.565. The largest absolute Gasteiger partial charge is 0.494 e. The molecule has 0 saturated carbocycles. The van der Waals surface area contributed by atoms with Gasteiger partial charge in [0.25, 0.3) is 0 Å². The average molecular weight is 560 g/mol. The number of benzene rings is 1. The minimum absolute atomic E-state index is 0.122. The first-order valence-corrected chi connectivity index (χ1v) is 13.8. The van der Waals surface area contributed by atoms with Gasteiger partial charge in [0.05, 0.1) is 31.9 Å². The van der Waals surface area contributed by atoms with Gasteiger partial charge in [0.1, 0.15) is 34.5 Å². The van der Waals surface area contributed by atoms with Crippen LogP contribution in [0.3, 0.4) is 0 Å². The number of hydrogen-bond acceptors (Lipinski definition) is 10. The van der Waals surface area contributed by atoms with Crippen LogP contribution in [0.25, 0.3) is 17.3 Å². The first kappa shape index (κ1) is 28.2. The van der Waals surface area contributed by atoms with Crippen molar-refractivity contribution in [1.82, 2.24) is 24.7 Å². The van der Waals surface area contributed by atoms with Crippen molar-refractivity contribution in [1.29, 1.82) is 0 Å². The molecule has 1 aromatic carbocycles. The van der Waals surface area contributed by atoms with Crippen LogP contribution in [0.15, 0.2) is 47.1 Å². The summed E-state index contributed by atoms with van der Waals surface area (Å²) >= 11 is 0. The molecule has 11 nitrogen and oxygen atoms in total. The molecule has 39 heavy (non-hydrogen) atoms. The Labute approximate surface area is 225 Å². The zero-order chi connectivity index (χ0) is 28.2. The third kappa shape index (κ3) is 5.93. The maximum atomic E-state index is 14.0. The van der Waals surface area contributed by atoms with Gasteiger partial charge < -0.3 is 18.6 Å². The molecular formula is C26H30FN5O6S. The molecule has 3 heterocycles. The topological polar surface area (TPSA) is 131 Å². The number of para-hydroxylation sites is 1. The first-order chi connectivity index (χ1) is 18.7. The molecule has 208 valence electrons. The van der Waals surface area contributed by atoms with Crippen LogP contribution < -0.4 is 9.47 Å². The Morgan fingerprint density at radius 2 is 1.69 bits per heavy atom. The number of nitrogens with zero attached hydrogens (tertiary/aromatic N) is 5. The van der Waals surface area contributed by atoms with Crippen molar-refractivity contribution in [3.05, 3.63) is 66.0 Å². The summed E-state index contributed by atoms with van der Waals surface area (Å²) in [5, 5.41) is 7.61. The van der Waals surface area contributed by atoms with E-state index in [1.54, 1.807) is 48.7 Å². The fourth-order valence-corrected chi connectivity index (χ4v) is 6.36. The van der Waals surface area contributed by atoms with Gasteiger partial charge in [-0.3, -0.25) is 4.57 Å². The summed E-state index contributed by atoms with van der Waals surface area (Å²) in [5.74, 6) is 0.728. The van der Waals surface area contributed by atoms with E-state index in [1.165, 1.54) is 21.3 Å². The van der Waals surface area contributed by atoms with E-state index in [-0.39, 0.29) is 30.5 Å². The quantitative estimate of drug-likeness (QED) is 0.252. The van der Waals surface area contributed by atoms with E-state index in [4.69, 9.17) is 18.6 Å². The molecule has 0 N–H and O–H groups in total. The molecule has 0 bridgehead atoms. The molecule has 3 aromatic heterocycles. The highest BCUT2D eigenvalue weighted by molar-refractivity contribution is 7.91. The van der Waals surface area contributed by atoms with Crippen molar-refractivity contribution in [3.8, 4) is 28.8 Å². The van der Waals surface area contributed by atoms with Crippen LogP contribution in [0.2, 0.25) is 0 Å². The van der Waals surface area contributed by atoms with Crippen molar-refractivity contribution in [2.45, 2.75) is 37.2 Å². The highest BCUT2D eigenvalue weighted by atomic mass is 32.2. The Morgan fingerprint density at radius 1 is 1.03 bits per heavy atom. The van der Waals surface area contributed by atoms with E-state index in [1.807, 2.05) is 0 Å². The van der Waals surface area contributed by atoms with E-state index in [0.29, 0.717) is 28.7 Å². The Hall–Kier alpha value is -3.84. The number of aromatic nitrogens is 5. The van der Waals surface area contributed by atoms with Gasteiger partial charge in [0.2, 0.25) is 5.82 Å². The molecule has 0 radical (unpaired) electrons. The van der Waals surface area contributed by atoms with E-state index >= 15 is 0 Å². The van der Waals surface area contributed by atoms with Crippen LogP contribution in [-0.2, 0) is 20.3 Å². The van der Waals surface area contributed by atoms with Crippen LogP contribution >= 0.6 is 0 Å². The molecule has 4 rings (SSSR count). The third-order valence-electron chi connectivity index (χ3n) is 6.32. The molecule has 0 spiro atoms. The van der Waals surface area contributed by atoms with Crippen LogP contribution in [0.4, 0.5) is 4.39 Å². The molecule has 13 heteroatoms. The molecule has 0 unspecified atom stereocenters. The molecule has 0 saturated heterocycles. The van der Waals surface area contributed by atoms with Crippen LogP contribution in [0.5, 0.6) is 11.5 Å². The van der Waals surface area contributed by atoms with Gasteiger partial charge in [-0.1, -0.05) is 13.0 Å². The molecular weight excluding hydrogens is 529 g/mol. The highest BCUT2D eigenvalue weighted by Crippen LogP contribution is 2.37. The number of aryl methyl sites for hydroxylation is 1. The van der Waals surface area contributed by atoms with Crippen molar-refractivity contribution < 1.29 is 31.4 Å². The molecule has 0 amide bonds. The Morgan fingerprint density at radius 3 is 2.26 bits per heavy atom. The number of hydrogen-bond donors (Lipinski definition) is 0. The van der Waals surface area contributed by atoms with Crippen molar-refractivity contribution in [2.75, 3.05) is 27.9 Å². The van der Waals surface area contributed by atoms with Gasteiger partial charge in [0, 0.05) is 19.6 Å².